The van der Waals surface area contributed by atoms with Gasteiger partial charge in [0.1, 0.15) is 11.6 Å². The minimum absolute atomic E-state index is 0.0177. The predicted octanol–water partition coefficient (Wildman–Crippen LogP) is 7.41. The summed E-state index contributed by atoms with van der Waals surface area (Å²) in [4.78, 5) is 25.4. The Bertz CT molecular complexity index is 748. The third kappa shape index (κ3) is 3.78. The zero-order valence-corrected chi connectivity index (χ0v) is 21.0. The molecule has 0 aliphatic heterocycles. The maximum Gasteiger partial charge on any atom is 0.137 e. The maximum absolute atomic E-state index is 13.3. The lowest BCUT2D eigenvalue weighted by Crippen LogP contribution is -2.56. The molecule has 0 aromatic heterocycles. The Hall–Kier alpha value is -0.920. The highest BCUT2D eigenvalue weighted by Crippen LogP contribution is 2.67. The number of rotatable bonds is 5. The molecule has 0 spiro atoms. The van der Waals surface area contributed by atoms with Gasteiger partial charge in [-0.1, -0.05) is 53.2 Å². The first-order valence-electron chi connectivity index (χ1n) is 13.3. The molecule has 0 heterocycles. The normalized spacial score (nSPS) is 44.1. The molecule has 2 heteroatoms. The molecular weight excluding hydrogens is 380 g/mol. The van der Waals surface area contributed by atoms with Crippen LogP contribution in [0.15, 0.2) is 11.6 Å². The molecule has 4 aliphatic rings. The summed E-state index contributed by atoms with van der Waals surface area (Å²) in [5.41, 5.74) is 2.08. The summed E-state index contributed by atoms with van der Waals surface area (Å²) >= 11 is 0. The first-order valence-corrected chi connectivity index (χ1v) is 13.3. The molecule has 0 unspecified atom stereocenters. The van der Waals surface area contributed by atoms with Crippen molar-refractivity contribution in [2.75, 3.05) is 0 Å². The predicted molar refractivity (Wildman–Crippen MR) is 128 cm³/mol. The second kappa shape index (κ2) is 8.45. The lowest BCUT2D eigenvalue weighted by atomic mass is 9.44. The molecule has 0 amide bonds. The van der Waals surface area contributed by atoms with E-state index in [9.17, 15) is 9.59 Å². The molecule has 0 N–H and O–H groups in total. The van der Waals surface area contributed by atoms with E-state index >= 15 is 0 Å². The summed E-state index contributed by atoms with van der Waals surface area (Å²) in [5, 5.41) is 0. The number of ketones is 2. The number of hydrogen-bond acceptors (Lipinski definition) is 2. The second-order valence-electron chi connectivity index (χ2n) is 12.6. The van der Waals surface area contributed by atoms with Crippen LogP contribution in [0.3, 0.4) is 0 Å². The summed E-state index contributed by atoms with van der Waals surface area (Å²) in [6, 6.07) is 0. The Morgan fingerprint density at radius 1 is 1.00 bits per heavy atom. The number of hydrogen-bond donors (Lipinski definition) is 0. The van der Waals surface area contributed by atoms with Crippen LogP contribution in [-0.4, -0.2) is 11.6 Å². The van der Waals surface area contributed by atoms with E-state index < -0.39 is 0 Å². The van der Waals surface area contributed by atoms with Gasteiger partial charge in [0.15, 0.2) is 0 Å². The van der Waals surface area contributed by atoms with E-state index in [0.29, 0.717) is 53.5 Å². The zero-order chi connectivity index (χ0) is 22.6. The minimum Gasteiger partial charge on any atom is -0.300 e. The van der Waals surface area contributed by atoms with Gasteiger partial charge in [-0.05, 0) is 91.3 Å². The van der Waals surface area contributed by atoms with Crippen molar-refractivity contribution in [3.05, 3.63) is 11.6 Å². The Labute approximate surface area is 191 Å². The van der Waals surface area contributed by atoms with E-state index in [1.54, 1.807) is 5.57 Å². The Kier molecular flexibility index (Phi) is 6.34. The molecule has 0 aromatic rings. The van der Waals surface area contributed by atoms with Crippen LogP contribution >= 0.6 is 0 Å². The van der Waals surface area contributed by atoms with Crippen LogP contribution in [0.1, 0.15) is 106 Å². The summed E-state index contributed by atoms with van der Waals surface area (Å²) in [6.45, 7) is 14.4. The van der Waals surface area contributed by atoms with Crippen molar-refractivity contribution < 1.29 is 9.59 Å². The number of Topliss-reactive ketones (excluding diaryl/α,β-unsaturated/α-hetero) is 2. The first kappa shape index (κ1) is 23.2. The lowest BCUT2D eigenvalue weighted by Gasteiger charge is -2.59. The Morgan fingerprint density at radius 2 is 1.71 bits per heavy atom. The molecule has 2 nitrogen and oxygen atoms in total. The van der Waals surface area contributed by atoms with E-state index in [1.165, 1.54) is 38.5 Å². The van der Waals surface area contributed by atoms with Crippen LogP contribution in [0.5, 0.6) is 0 Å². The molecule has 4 rings (SSSR count). The van der Waals surface area contributed by atoms with Gasteiger partial charge in [-0.25, -0.2) is 0 Å². The summed E-state index contributed by atoms with van der Waals surface area (Å²) in [5.74, 6) is 4.86. The quantitative estimate of drug-likeness (QED) is 0.429. The molecule has 0 saturated heterocycles. The zero-order valence-electron chi connectivity index (χ0n) is 21.0. The molecule has 8 atom stereocenters. The van der Waals surface area contributed by atoms with E-state index in [4.69, 9.17) is 0 Å². The number of carbonyl (C=O) groups is 2. The molecule has 4 aliphatic carbocycles. The van der Waals surface area contributed by atoms with E-state index in [-0.39, 0.29) is 11.3 Å². The van der Waals surface area contributed by atoms with Crippen molar-refractivity contribution >= 4 is 11.6 Å². The SMILES string of the molecule is CCC(=CC[C@@H](C)[C@H]1CC[C@H]2[C@@H]3CC(=O)[C@H]4CC(=O)CC[C@]4(C)[C@H]3CC[C@]12C)C(C)C. The fraction of sp³-hybridized carbons (Fsp3) is 0.862. The smallest absolute Gasteiger partial charge is 0.137 e. The molecule has 0 radical (unpaired) electrons. The summed E-state index contributed by atoms with van der Waals surface area (Å²) < 4.78 is 0. The van der Waals surface area contributed by atoms with Crippen molar-refractivity contribution in [2.45, 2.75) is 106 Å². The third-order valence-corrected chi connectivity index (χ3v) is 10.9. The van der Waals surface area contributed by atoms with E-state index in [1.807, 2.05) is 0 Å². The van der Waals surface area contributed by atoms with Crippen molar-refractivity contribution in [1.29, 1.82) is 0 Å². The number of fused-ring (bicyclic) bond motifs is 5. The van der Waals surface area contributed by atoms with Crippen LogP contribution in [0.2, 0.25) is 0 Å². The van der Waals surface area contributed by atoms with Gasteiger partial charge in [-0.15, -0.1) is 0 Å². The molecule has 0 aromatic carbocycles. The van der Waals surface area contributed by atoms with Crippen molar-refractivity contribution in [1.82, 2.24) is 0 Å². The first-order chi connectivity index (χ1) is 14.6. The van der Waals surface area contributed by atoms with E-state index in [0.717, 1.165) is 24.7 Å². The molecule has 31 heavy (non-hydrogen) atoms. The van der Waals surface area contributed by atoms with Gasteiger partial charge in [0, 0.05) is 25.2 Å². The van der Waals surface area contributed by atoms with Crippen LogP contribution < -0.4 is 0 Å². The highest BCUT2D eigenvalue weighted by atomic mass is 16.1. The van der Waals surface area contributed by atoms with Crippen LogP contribution in [0.25, 0.3) is 0 Å². The van der Waals surface area contributed by atoms with Gasteiger partial charge in [-0.2, -0.15) is 0 Å². The highest BCUT2D eigenvalue weighted by molar-refractivity contribution is 5.90. The van der Waals surface area contributed by atoms with Gasteiger partial charge >= 0.3 is 0 Å². The van der Waals surface area contributed by atoms with Gasteiger partial charge in [0.2, 0.25) is 0 Å². The van der Waals surface area contributed by atoms with Crippen LogP contribution in [0, 0.1) is 52.3 Å². The van der Waals surface area contributed by atoms with Crippen molar-refractivity contribution in [2.24, 2.45) is 52.3 Å². The van der Waals surface area contributed by atoms with E-state index in [2.05, 4.69) is 47.6 Å². The van der Waals surface area contributed by atoms with Crippen molar-refractivity contribution in [3.8, 4) is 0 Å². The monoisotopic (exact) mass is 426 g/mol. The molecular formula is C29H46O2. The standard InChI is InChI=1S/C29H46O2/c1-7-20(18(2)3)9-8-19(4)23-10-11-24-22-17-27(31)26-16-21(30)12-14-29(26,6)25(22)13-15-28(23,24)5/h9,18-19,22-26H,7-8,10-17H2,1-6H3/t19-,22+,23-,24+,25+,26-,28-,29-/m1/s1. The fourth-order valence-electron chi connectivity index (χ4n) is 9.10. The second-order valence-corrected chi connectivity index (χ2v) is 12.6. The van der Waals surface area contributed by atoms with Gasteiger partial charge < -0.3 is 0 Å². The fourth-order valence-corrected chi connectivity index (χ4v) is 9.10. The topological polar surface area (TPSA) is 34.1 Å². The lowest BCUT2D eigenvalue weighted by molar-refractivity contribution is -0.158. The Morgan fingerprint density at radius 3 is 2.39 bits per heavy atom. The van der Waals surface area contributed by atoms with Gasteiger partial charge in [-0.3, -0.25) is 9.59 Å². The number of allylic oxidation sites excluding steroid dienone is 2. The highest BCUT2D eigenvalue weighted by Gasteiger charge is 2.62. The average molecular weight is 427 g/mol. The molecule has 4 fully saturated rings. The van der Waals surface area contributed by atoms with Crippen LogP contribution in [-0.2, 0) is 9.59 Å². The third-order valence-electron chi connectivity index (χ3n) is 10.9. The summed E-state index contributed by atoms with van der Waals surface area (Å²) in [7, 11) is 0. The number of carbonyl (C=O) groups excluding carboxylic acids is 2. The van der Waals surface area contributed by atoms with Gasteiger partial charge in [0.05, 0.1) is 0 Å². The average Bonchev–Trinajstić information content (AvgIpc) is 3.07. The maximum atomic E-state index is 13.3. The van der Waals surface area contributed by atoms with Gasteiger partial charge in [0.25, 0.3) is 0 Å². The largest absolute Gasteiger partial charge is 0.300 e. The minimum atomic E-state index is 0.0177. The van der Waals surface area contributed by atoms with Crippen molar-refractivity contribution in [3.63, 3.8) is 0 Å². The summed E-state index contributed by atoms with van der Waals surface area (Å²) in [6.07, 6.45) is 13.1. The molecule has 0 bridgehead atoms. The van der Waals surface area contributed by atoms with Crippen LogP contribution in [0.4, 0.5) is 0 Å². The Balaban J connectivity index is 1.53. The molecule has 4 saturated carbocycles. The molecule has 174 valence electrons.